The SMILES string of the molecule is CN1CCN(c2ccc(Nc3nccc(-c4cnc5ccc(-c6cccnc6)cn45)n3)cn2)CC1. The molecule has 9 nitrogen and oxygen atoms in total. The summed E-state index contributed by atoms with van der Waals surface area (Å²) < 4.78 is 2.04. The number of imidazole rings is 1. The van der Waals surface area contributed by atoms with E-state index in [0.717, 1.165) is 65.8 Å². The summed E-state index contributed by atoms with van der Waals surface area (Å²) in [7, 11) is 2.15. The summed E-state index contributed by atoms with van der Waals surface area (Å²) in [5.41, 5.74) is 5.47. The van der Waals surface area contributed by atoms with Crippen molar-refractivity contribution in [3.05, 3.63) is 79.6 Å². The Morgan fingerprint density at radius 1 is 0.800 bits per heavy atom. The molecule has 35 heavy (non-hydrogen) atoms. The highest BCUT2D eigenvalue weighted by Gasteiger charge is 2.15. The molecule has 6 heterocycles. The predicted molar refractivity (Wildman–Crippen MR) is 137 cm³/mol. The van der Waals surface area contributed by atoms with Crippen LogP contribution in [-0.4, -0.2) is 67.4 Å². The van der Waals surface area contributed by atoms with Gasteiger partial charge in [0.05, 0.1) is 29.5 Å². The topological polar surface area (TPSA) is 87.4 Å². The lowest BCUT2D eigenvalue weighted by molar-refractivity contribution is 0.312. The number of hydrogen-bond acceptors (Lipinski definition) is 8. The number of nitrogens with zero attached hydrogens (tertiary/aromatic N) is 8. The van der Waals surface area contributed by atoms with Crippen LogP contribution < -0.4 is 10.2 Å². The number of hydrogen-bond donors (Lipinski definition) is 1. The normalized spacial score (nSPS) is 14.4. The van der Waals surface area contributed by atoms with Crippen molar-refractivity contribution < 1.29 is 0 Å². The average molecular weight is 464 g/mol. The van der Waals surface area contributed by atoms with Gasteiger partial charge in [-0.25, -0.2) is 19.9 Å². The standard InChI is InChI=1S/C26H25N9/c1-33-11-13-34(14-12-33)24-7-5-21(16-29-24)31-26-28-10-8-22(32-26)23-17-30-25-6-4-20(18-35(23)25)19-3-2-9-27-15-19/h2-10,15-18H,11-14H2,1H3,(H,28,31,32). The molecule has 1 aliphatic rings. The van der Waals surface area contributed by atoms with Gasteiger partial charge in [-0.05, 0) is 43.4 Å². The van der Waals surface area contributed by atoms with Crippen molar-refractivity contribution in [2.45, 2.75) is 0 Å². The largest absolute Gasteiger partial charge is 0.354 e. The van der Waals surface area contributed by atoms with E-state index in [4.69, 9.17) is 4.98 Å². The third-order valence-corrected chi connectivity index (χ3v) is 6.25. The van der Waals surface area contributed by atoms with Gasteiger partial charge in [0.2, 0.25) is 5.95 Å². The Balaban J connectivity index is 1.24. The van der Waals surface area contributed by atoms with Crippen LogP contribution in [0.2, 0.25) is 0 Å². The fraction of sp³-hybridized carbons (Fsp3) is 0.192. The van der Waals surface area contributed by atoms with Gasteiger partial charge in [-0.1, -0.05) is 6.07 Å². The van der Waals surface area contributed by atoms with Crippen LogP contribution in [0.25, 0.3) is 28.2 Å². The van der Waals surface area contributed by atoms with E-state index in [1.165, 1.54) is 0 Å². The Labute approximate surface area is 203 Å². The van der Waals surface area contributed by atoms with E-state index >= 15 is 0 Å². The van der Waals surface area contributed by atoms with E-state index in [2.05, 4.69) is 54.4 Å². The van der Waals surface area contributed by atoms with Gasteiger partial charge in [0, 0.05) is 62.1 Å². The van der Waals surface area contributed by atoms with Crippen LogP contribution in [0, 0.1) is 0 Å². The van der Waals surface area contributed by atoms with Crippen LogP contribution in [0.3, 0.4) is 0 Å². The summed E-state index contributed by atoms with van der Waals surface area (Å²) in [6, 6.07) is 14.0. The first-order valence-corrected chi connectivity index (χ1v) is 11.6. The highest BCUT2D eigenvalue weighted by Crippen LogP contribution is 2.25. The molecule has 0 amide bonds. The van der Waals surface area contributed by atoms with Gasteiger partial charge in [0.25, 0.3) is 0 Å². The van der Waals surface area contributed by atoms with Gasteiger partial charge in [-0.3, -0.25) is 9.38 Å². The molecule has 0 aliphatic carbocycles. The Morgan fingerprint density at radius 3 is 2.51 bits per heavy atom. The van der Waals surface area contributed by atoms with E-state index in [1.54, 1.807) is 12.4 Å². The number of rotatable bonds is 5. The molecule has 0 aromatic carbocycles. The molecule has 1 saturated heterocycles. The fourth-order valence-electron chi connectivity index (χ4n) is 4.25. The molecule has 0 radical (unpaired) electrons. The maximum Gasteiger partial charge on any atom is 0.227 e. The smallest absolute Gasteiger partial charge is 0.227 e. The molecule has 5 aromatic heterocycles. The third kappa shape index (κ3) is 4.41. The number of aromatic nitrogens is 6. The summed E-state index contributed by atoms with van der Waals surface area (Å²) in [5, 5.41) is 3.28. The van der Waals surface area contributed by atoms with Crippen molar-refractivity contribution >= 4 is 23.1 Å². The van der Waals surface area contributed by atoms with Gasteiger partial charge < -0.3 is 15.1 Å². The first kappa shape index (κ1) is 21.2. The Morgan fingerprint density at radius 2 is 1.71 bits per heavy atom. The second-order valence-electron chi connectivity index (χ2n) is 8.62. The second kappa shape index (κ2) is 9.11. The minimum absolute atomic E-state index is 0.509. The highest BCUT2D eigenvalue weighted by molar-refractivity contribution is 5.68. The molecular weight excluding hydrogens is 438 g/mol. The minimum Gasteiger partial charge on any atom is -0.354 e. The van der Waals surface area contributed by atoms with Gasteiger partial charge >= 0.3 is 0 Å². The predicted octanol–water partition coefficient (Wildman–Crippen LogP) is 3.74. The monoisotopic (exact) mass is 463 g/mol. The van der Waals surface area contributed by atoms with E-state index < -0.39 is 0 Å². The zero-order valence-electron chi connectivity index (χ0n) is 19.4. The lowest BCUT2D eigenvalue weighted by Gasteiger charge is -2.33. The summed E-state index contributed by atoms with van der Waals surface area (Å²) >= 11 is 0. The number of nitrogens with one attached hydrogen (secondary N) is 1. The molecule has 1 aliphatic heterocycles. The molecule has 5 aromatic rings. The summed E-state index contributed by atoms with van der Waals surface area (Å²) in [6.07, 6.45) is 11.1. The van der Waals surface area contributed by atoms with Gasteiger partial charge in [-0.15, -0.1) is 0 Å². The second-order valence-corrected chi connectivity index (χ2v) is 8.62. The van der Waals surface area contributed by atoms with Crippen LogP contribution in [0.5, 0.6) is 0 Å². The summed E-state index contributed by atoms with van der Waals surface area (Å²) in [5.74, 6) is 1.50. The third-order valence-electron chi connectivity index (χ3n) is 6.25. The molecule has 0 atom stereocenters. The Kier molecular flexibility index (Phi) is 5.51. The molecule has 1 N–H and O–H groups in total. The molecule has 174 valence electrons. The van der Waals surface area contributed by atoms with Gasteiger partial charge in [0.1, 0.15) is 11.5 Å². The lowest BCUT2D eigenvalue weighted by atomic mass is 10.1. The summed E-state index contributed by atoms with van der Waals surface area (Å²) in [6.45, 7) is 4.08. The highest BCUT2D eigenvalue weighted by atomic mass is 15.3. The lowest BCUT2D eigenvalue weighted by Crippen LogP contribution is -2.44. The van der Waals surface area contributed by atoms with Crippen molar-refractivity contribution in [2.24, 2.45) is 0 Å². The van der Waals surface area contributed by atoms with Crippen molar-refractivity contribution in [1.29, 1.82) is 0 Å². The number of pyridine rings is 3. The first-order chi connectivity index (χ1) is 17.2. The zero-order valence-corrected chi connectivity index (χ0v) is 19.4. The van der Waals surface area contributed by atoms with E-state index in [1.807, 2.05) is 59.4 Å². The molecule has 0 unspecified atom stereocenters. The quantitative estimate of drug-likeness (QED) is 0.422. The van der Waals surface area contributed by atoms with E-state index in [-0.39, 0.29) is 0 Å². The molecule has 6 rings (SSSR count). The molecule has 9 heteroatoms. The van der Waals surface area contributed by atoms with E-state index in [0.29, 0.717) is 5.95 Å². The average Bonchev–Trinajstić information content (AvgIpc) is 3.34. The Bertz CT molecular complexity index is 1440. The van der Waals surface area contributed by atoms with Gasteiger partial charge in [0.15, 0.2) is 0 Å². The Hall–Kier alpha value is -4.37. The number of likely N-dealkylation sites (N-methyl/N-ethyl adjacent to an activating group) is 1. The molecule has 0 spiro atoms. The van der Waals surface area contributed by atoms with Crippen LogP contribution in [0.15, 0.2) is 79.6 Å². The molecule has 1 fully saturated rings. The van der Waals surface area contributed by atoms with Gasteiger partial charge in [-0.2, -0.15) is 0 Å². The number of anilines is 3. The molecule has 0 bridgehead atoms. The van der Waals surface area contributed by atoms with Crippen LogP contribution in [0.1, 0.15) is 0 Å². The van der Waals surface area contributed by atoms with Crippen molar-refractivity contribution in [1.82, 2.24) is 34.2 Å². The van der Waals surface area contributed by atoms with Crippen LogP contribution >= 0.6 is 0 Å². The summed E-state index contributed by atoms with van der Waals surface area (Å²) in [4.78, 5) is 27.2. The zero-order chi connectivity index (χ0) is 23.6. The van der Waals surface area contributed by atoms with Crippen LogP contribution in [-0.2, 0) is 0 Å². The molecule has 0 saturated carbocycles. The molecular formula is C26H25N9. The maximum absolute atomic E-state index is 4.74. The van der Waals surface area contributed by atoms with Crippen molar-refractivity contribution in [2.75, 3.05) is 43.4 Å². The van der Waals surface area contributed by atoms with Crippen molar-refractivity contribution in [3.8, 4) is 22.5 Å². The van der Waals surface area contributed by atoms with Crippen molar-refractivity contribution in [3.63, 3.8) is 0 Å². The maximum atomic E-state index is 4.74. The first-order valence-electron chi connectivity index (χ1n) is 11.6. The number of fused-ring (bicyclic) bond motifs is 1. The van der Waals surface area contributed by atoms with Crippen LogP contribution in [0.4, 0.5) is 17.5 Å². The minimum atomic E-state index is 0.509. The van der Waals surface area contributed by atoms with E-state index in [9.17, 15) is 0 Å². The fourth-order valence-corrected chi connectivity index (χ4v) is 4.25. The number of piperazine rings is 1.